The molecule has 0 fully saturated rings. The van der Waals surface area contributed by atoms with Crippen LogP contribution in [0.4, 0.5) is 39.9 Å². The van der Waals surface area contributed by atoms with Gasteiger partial charge in [0.1, 0.15) is 40.4 Å². The number of carbonyl (C=O) groups is 2. The summed E-state index contributed by atoms with van der Waals surface area (Å²) < 4.78 is 168. The van der Waals surface area contributed by atoms with E-state index in [9.17, 15) is 63.3 Å². The smallest absolute Gasteiger partial charge is 1.00 e. The largest absolute Gasteiger partial charge is 1.00 e. The summed E-state index contributed by atoms with van der Waals surface area (Å²) >= 11 is 27.6. The number of aliphatic hydroxyl groups is 4. The second-order valence-electron chi connectivity index (χ2n) is 25.1. The number of hydrogen-bond donors (Lipinski definition) is 6. The molecule has 3 radical (unpaired) electrons. The van der Waals surface area contributed by atoms with Gasteiger partial charge in [-0.1, -0.05) is 46.4 Å². The molecule has 0 aromatic heterocycles. The van der Waals surface area contributed by atoms with Crippen LogP contribution in [-0.4, -0.2) is 146 Å². The molecule has 0 unspecified atom stereocenters. The van der Waals surface area contributed by atoms with E-state index in [2.05, 4.69) is 5.32 Å². The fourth-order valence-corrected chi connectivity index (χ4v) is 17.7. The Morgan fingerprint density at radius 3 is 1.28 bits per heavy atom. The van der Waals surface area contributed by atoms with Crippen LogP contribution in [0.15, 0.2) is 165 Å². The van der Waals surface area contributed by atoms with E-state index in [0.717, 1.165) is 74.4 Å². The normalized spacial score (nSPS) is 18.5. The number of thioether (sulfide) groups is 3. The Hall–Kier alpha value is -5.68. The molecular weight excluding hydrogens is 1610 g/mol. The molecule has 16 nitrogen and oxygen atoms in total. The van der Waals surface area contributed by atoms with Crippen molar-refractivity contribution in [3.05, 3.63) is 234 Å². The molecule has 581 valence electrons. The van der Waals surface area contributed by atoms with Gasteiger partial charge in [0.25, 0.3) is 0 Å². The molecular formula is C75H76BCl4F8N3NaO13S4. The summed E-state index contributed by atoms with van der Waals surface area (Å²) in [7, 11) is -4.29. The summed E-state index contributed by atoms with van der Waals surface area (Å²) in [5.74, 6) is -7.79. The molecule has 7 N–H and O–H groups in total. The van der Waals surface area contributed by atoms with Crippen LogP contribution >= 0.6 is 81.7 Å². The van der Waals surface area contributed by atoms with Gasteiger partial charge in [0.05, 0.1) is 74.5 Å². The monoisotopic (exact) mass is 1680 g/mol. The molecule has 8 atom stereocenters. The predicted octanol–water partition coefficient (Wildman–Crippen LogP) is 13.2. The van der Waals surface area contributed by atoms with Gasteiger partial charge in [-0.05, 0) is 166 Å². The molecule has 1 amide bonds. The number of aliphatic hydroxyl groups excluding tert-OH is 4. The Balaban J connectivity index is 0.000000259. The van der Waals surface area contributed by atoms with Gasteiger partial charge < -0.3 is 66.3 Å². The van der Waals surface area contributed by atoms with Gasteiger partial charge in [-0.3, -0.25) is 0 Å². The van der Waals surface area contributed by atoms with Crippen LogP contribution in [0, 0.1) is 70.2 Å². The van der Waals surface area contributed by atoms with Crippen molar-refractivity contribution in [2.45, 2.75) is 67.0 Å². The molecule has 0 bridgehead atoms. The van der Waals surface area contributed by atoms with Gasteiger partial charge in [-0.15, -0.1) is 35.3 Å². The quantitative estimate of drug-likeness (QED) is 0.0191. The summed E-state index contributed by atoms with van der Waals surface area (Å²) in [5, 5.41) is 38.1. The van der Waals surface area contributed by atoms with Crippen molar-refractivity contribution in [3.63, 3.8) is 0 Å². The molecule has 12 rings (SSSR count). The Bertz CT molecular complexity index is 4430. The van der Waals surface area contributed by atoms with Gasteiger partial charge in [-0.25, -0.2) is 48.3 Å². The zero-order chi connectivity index (χ0) is 77.9. The minimum absolute atomic E-state index is 0. The maximum Gasteiger partial charge on any atom is 1.00 e. The second-order valence-corrected chi connectivity index (χ2v) is 32.5. The van der Waals surface area contributed by atoms with Gasteiger partial charge in [0.15, 0.2) is 56.1 Å². The van der Waals surface area contributed by atoms with Gasteiger partial charge >= 0.3 is 35.7 Å². The Morgan fingerprint density at radius 2 is 0.890 bits per heavy atom. The van der Waals surface area contributed by atoms with Crippen LogP contribution in [0.3, 0.4) is 0 Å². The summed E-state index contributed by atoms with van der Waals surface area (Å²) in [4.78, 5) is 27.6. The number of benzene rings is 8. The fourth-order valence-electron chi connectivity index (χ4n) is 11.4. The van der Waals surface area contributed by atoms with Crippen LogP contribution in [0.25, 0.3) is 0 Å². The molecule has 0 saturated carbocycles. The van der Waals surface area contributed by atoms with Crippen LogP contribution in [0.1, 0.15) is 65.5 Å². The van der Waals surface area contributed by atoms with Crippen LogP contribution in [0.2, 0.25) is 20.1 Å². The molecule has 4 aliphatic rings. The molecule has 0 saturated heterocycles. The third-order valence-electron chi connectivity index (χ3n) is 16.4. The van der Waals surface area contributed by atoms with Crippen LogP contribution in [0.5, 0.6) is 23.0 Å². The van der Waals surface area contributed by atoms with Gasteiger partial charge in [0.2, 0.25) is 0 Å². The van der Waals surface area contributed by atoms with E-state index in [0.29, 0.717) is 39.7 Å². The van der Waals surface area contributed by atoms with E-state index >= 15 is 0 Å². The number of nitrogens with zero attached hydrogens (tertiary/aromatic N) is 1. The third kappa shape index (κ3) is 24.7. The van der Waals surface area contributed by atoms with E-state index < -0.39 is 114 Å². The number of sulfone groups is 1. The Kier molecular flexibility index (Phi) is 36.8. The number of nitrogens with two attached hydrogens (primary N) is 1. The van der Waals surface area contributed by atoms with E-state index in [-0.39, 0.29) is 155 Å². The summed E-state index contributed by atoms with van der Waals surface area (Å²) in [6, 6.07) is 34.8. The number of rotatable bonds is 19. The average molecular weight is 1680 g/mol. The van der Waals surface area contributed by atoms with Crippen molar-refractivity contribution in [1.29, 1.82) is 0 Å². The van der Waals surface area contributed by atoms with E-state index in [1.54, 1.807) is 69.3 Å². The van der Waals surface area contributed by atoms with Crippen LogP contribution < -0.4 is 59.6 Å². The number of ether oxygens (including phenoxy) is 5. The molecule has 4 heterocycles. The zero-order valence-corrected chi connectivity index (χ0v) is 67.3. The first kappa shape index (κ1) is 92.2. The number of halogens is 12. The zero-order valence-electron chi connectivity index (χ0n) is 60.0. The Labute approximate surface area is 684 Å². The molecule has 109 heavy (non-hydrogen) atoms. The summed E-state index contributed by atoms with van der Waals surface area (Å²) in [6.07, 6.45) is -0.0596. The van der Waals surface area contributed by atoms with Crippen molar-refractivity contribution in [1.82, 2.24) is 10.2 Å². The number of hydrogen-bond acceptors (Lipinski definition) is 18. The van der Waals surface area contributed by atoms with Crippen molar-refractivity contribution >= 4 is 112 Å². The molecule has 8 aromatic carbocycles. The number of aldehydes is 1. The Morgan fingerprint density at radius 1 is 0.541 bits per heavy atom. The molecule has 34 heteroatoms. The van der Waals surface area contributed by atoms with Crippen molar-refractivity contribution in [2.75, 3.05) is 85.6 Å². The first-order valence-electron chi connectivity index (χ1n) is 33.0. The average Bonchev–Trinajstić information content (AvgIpc) is 0.741. The molecule has 8 aromatic rings. The topological polar surface area (TPSA) is 237 Å². The molecule has 4 aliphatic heterocycles. The van der Waals surface area contributed by atoms with E-state index in [1.165, 1.54) is 59.6 Å². The SMILES string of the molecule is CC(C)(C)OC(=O)N(CCO)C[C@@H]1COc2c(F)ccc(F)c2[C@H]1S(=O)(=O)c1ccc(Cl)cc1.NCCO.O=C[C@@H]1COc2c(F)ccc(F)c2[C@H]1Sc1ccc(Cl)cc1.OCCNC[C@@H]1COc2c(F)ccc(F)c2[C@H]1Sc1ccc(Cl)cc1.OC[C@@H]1COc2c(F)ccc(F)c2[C@H]1Sc1ccc(Cl)cc1.[B].[H-].[Na+]. The van der Waals surface area contributed by atoms with Gasteiger partial charge in [-0.2, -0.15) is 0 Å². The minimum atomic E-state index is -4.29. The number of nitrogens with one attached hydrogen (secondary N) is 1. The fraction of sp³-hybridized carbons (Fsp3) is 0.333. The molecule has 0 spiro atoms. The van der Waals surface area contributed by atoms with Crippen molar-refractivity contribution in [2.24, 2.45) is 29.4 Å². The minimum Gasteiger partial charge on any atom is -1.00 e. The number of fused-ring (bicyclic) bond motifs is 4. The molecule has 0 aliphatic carbocycles. The van der Waals surface area contributed by atoms with Gasteiger partial charge in [0, 0.05) is 121 Å². The summed E-state index contributed by atoms with van der Waals surface area (Å²) in [6.45, 7) is 5.60. The predicted molar refractivity (Wildman–Crippen MR) is 404 cm³/mol. The first-order chi connectivity index (χ1) is 51.1. The third-order valence-corrected chi connectivity index (χ3v) is 23.8. The summed E-state index contributed by atoms with van der Waals surface area (Å²) in [5.41, 5.74) is 4.01. The van der Waals surface area contributed by atoms with Crippen molar-refractivity contribution < 1.29 is 128 Å². The maximum absolute atomic E-state index is 15.0. The standard InChI is InChI=1S/C23H26ClF2NO6S.C18H18ClF2NO2S.C16H13ClF2O2S.C16H11ClF2O2S.C2H7NO.B.Na.H/c1-23(2,3)33-22(29)27(10-11-28)12-14-13-32-20-18(26)9-8-17(25)19(20)21(14)34(30,31)16-6-4-15(24)5-7-16;19-12-1-3-13(4-2-12)25-18-11(9-22-7-8-23)10-24-17-15(21)6-5-14(20)16(17)18;2*17-10-1-3-11(4-2-10)22-16-9(7-20)8-21-15-13(19)6-5-12(18)14(15)16;3-1-2-4;;;/h4-9,14,21,28H,10-13H2,1-3H3;1-6,11,18,22-23H,7-10H2;1-6,9,16,20H,7-8H2;1-7,9,16H,8H2;4H,1-3H2;;;/q;;;;;;+1;-1/t14-,21+;11-,18+;2*9-,16+;;;;/m1111..../s1. The maximum atomic E-state index is 15.0. The van der Waals surface area contributed by atoms with Crippen LogP contribution in [-0.2, 0) is 19.4 Å². The van der Waals surface area contributed by atoms with Crippen molar-refractivity contribution in [3.8, 4) is 23.0 Å². The second kappa shape index (κ2) is 43.5. The number of carbonyl (C=O) groups excluding carboxylic acids is 2. The first-order valence-corrected chi connectivity index (χ1v) is 38.7. The van der Waals surface area contributed by atoms with E-state index in [4.69, 9.17) is 86.0 Å². The number of amides is 1. The van der Waals surface area contributed by atoms with E-state index in [1.807, 2.05) is 24.3 Å².